The van der Waals surface area contributed by atoms with Crippen LogP contribution in [0.3, 0.4) is 0 Å². The molecule has 0 amide bonds. The van der Waals surface area contributed by atoms with Crippen LogP contribution in [0.5, 0.6) is 0 Å². The van der Waals surface area contributed by atoms with Gasteiger partial charge >= 0.3 is 5.97 Å². The second kappa shape index (κ2) is 9.43. The molecule has 0 bridgehead atoms. The fourth-order valence-corrected chi connectivity index (χ4v) is 4.34. The van der Waals surface area contributed by atoms with E-state index in [4.69, 9.17) is 0 Å². The van der Waals surface area contributed by atoms with E-state index in [0.29, 0.717) is 23.6 Å². The average Bonchev–Trinajstić information content (AvgIpc) is 3.07. The number of allylic oxidation sites excluding steroid dienone is 1. The van der Waals surface area contributed by atoms with Gasteiger partial charge in [-0.1, -0.05) is 54.2 Å². The van der Waals surface area contributed by atoms with Crippen molar-refractivity contribution < 1.29 is 9.90 Å². The number of benzene rings is 2. The minimum atomic E-state index is -0.918. The van der Waals surface area contributed by atoms with Gasteiger partial charge in [-0.2, -0.15) is 0 Å². The zero-order chi connectivity index (χ0) is 19.1. The normalized spacial score (nSPS) is 10.7. The van der Waals surface area contributed by atoms with Crippen molar-refractivity contribution in [3.05, 3.63) is 84.2 Å². The van der Waals surface area contributed by atoms with E-state index in [1.54, 1.807) is 23.9 Å². The van der Waals surface area contributed by atoms with Gasteiger partial charge in [-0.15, -0.1) is 28.5 Å². The van der Waals surface area contributed by atoms with Crippen LogP contribution in [0.1, 0.15) is 21.7 Å². The summed E-state index contributed by atoms with van der Waals surface area (Å²) < 4.78 is 2.02. The van der Waals surface area contributed by atoms with E-state index < -0.39 is 5.97 Å². The number of nitrogens with zero attached hydrogens (tertiary/aromatic N) is 3. The van der Waals surface area contributed by atoms with Gasteiger partial charge in [0.2, 0.25) is 0 Å². The van der Waals surface area contributed by atoms with Crippen LogP contribution >= 0.6 is 23.5 Å². The maximum Gasteiger partial charge on any atom is 0.335 e. The van der Waals surface area contributed by atoms with Gasteiger partial charge in [0.1, 0.15) is 5.82 Å². The third kappa shape index (κ3) is 5.02. The van der Waals surface area contributed by atoms with Crippen molar-refractivity contribution in [2.45, 2.75) is 28.1 Å². The number of carboxylic acid groups (broad SMARTS) is 1. The molecule has 27 heavy (non-hydrogen) atoms. The SMILES string of the molecule is C=CCn1c(CSc2ccccc2)nnc1SCc1ccccc1C(=O)O. The van der Waals surface area contributed by atoms with Crippen LogP contribution < -0.4 is 0 Å². The monoisotopic (exact) mass is 397 g/mol. The lowest BCUT2D eigenvalue weighted by Gasteiger charge is -2.09. The van der Waals surface area contributed by atoms with Gasteiger partial charge in [-0.05, 0) is 23.8 Å². The molecular weight excluding hydrogens is 378 g/mol. The van der Waals surface area contributed by atoms with Crippen LogP contribution in [0.4, 0.5) is 0 Å². The first kappa shape index (κ1) is 19.3. The van der Waals surface area contributed by atoms with Crippen LogP contribution in [-0.2, 0) is 18.1 Å². The summed E-state index contributed by atoms with van der Waals surface area (Å²) in [6.07, 6.45) is 1.81. The van der Waals surface area contributed by atoms with Crippen LogP contribution in [0, 0.1) is 0 Å². The molecule has 0 atom stereocenters. The van der Waals surface area contributed by atoms with Crippen LogP contribution in [0.15, 0.2) is 77.3 Å². The van der Waals surface area contributed by atoms with Crippen LogP contribution in [0.2, 0.25) is 0 Å². The molecule has 138 valence electrons. The minimum absolute atomic E-state index is 0.319. The van der Waals surface area contributed by atoms with Crippen molar-refractivity contribution in [1.82, 2.24) is 14.8 Å². The Hall–Kier alpha value is -2.51. The number of hydrogen-bond acceptors (Lipinski definition) is 5. The van der Waals surface area contributed by atoms with Gasteiger partial charge in [0.05, 0.1) is 11.3 Å². The lowest BCUT2D eigenvalue weighted by atomic mass is 10.1. The Bertz CT molecular complexity index is 926. The predicted octanol–water partition coefficient (Wildman–Crippen LogP) is 4.75. The summed E-state index contributed by atoms with van der Waals surface area (Å²) in [6, 6.07) is 17.2. The molecule has 0 saturated heterocycles. The van der Waals surface area contributed by atoms with Crippen LogP contribution in [-0.4, -0.2) is 25.8 Å². The first-order valence-corrected chi connectivity index (χ1v) is 10.3. The Morgan fingerprint density at radius 3 is 2.52 bits per heavy atom. The zero-order valence-electron chi connectivity index (χ0n) is 14.6. The molecule has 0 fully saturated rings. The largest absolute Gasteiger partial charge is 0.478 e. The van der Waals surface area contributed by atoms with Crippen molar-refractivity contribution in [2.75, 3.05) is 0 Å². The number of carbonyl (C=O) groups is 1. The van der Waals surface area contributed by atoms with Crippen molar-refractivity contribution in [2.24, 2.45) is 0 Å². The average molecular weight is 398 g/mol. The summed E-state index contributed by atoms with van der Waals surface area (Å²) in [5.74, 6) is 1.18. The first-order chi connectivity index (χ1) is 13.2. The second-order valence-corrected chi connectivity index (χ2v) is 7.64. The molecule has 0 aliphatic heterocycles. The van der Waals surface area contributed by atoms with Gasteiger partial charge in [-0.3, -0.25) is 0 Å². The van der Waals surface area contributed by atoms with Gasteiger partial charge in [0.15, 0.2) is 5.16 Å². The minimum Gasteiger partial charge on any atom is -0.478 e. The molecule has 7 heteroatoms. The van der Waals surface area contributed by atoms with Crippen molar-refractivity contribution in [3.8, 4) is 0 Å². The van der Waals surface area contributed by atoms with Gasteiger partial charge in [-0.25, -0.2) is 4.79 Å². The summed E-state index contributed by atoms with van der Waals surface area (Å²) >= 11 is 3.19. The molecular formula is C20H19N3O2S2. The summed E-state index contributed by atoms with van der Waals surface area (Å²) in [6.45, 7) is 4.43. The molecule has 0 aliphatic rings. The van der Waals surface area contributed by atoms with Crippen molar-refractivity contribution >= 4 is 29.5 Å². The van der Waals surface area contributed by atoms with Crippen LogP contribution in [0.25, 0.3) is 0 Å². The van der Waals surface area contributed by atoms with E-state index in [9.17, 15) is 9.90 Å². The zero-order valence-corrected chi connectivity index (χ0v) is 16.2. The Kier molecular flexibility index (Phi) is 6.73. The highest BCUT2D eigenvalue weighted by Crippen LogP contribution is 2.27. The Balaban J connectivity index is 1.73. The lowest BCUT2D eigenvalue weighted by molar-refractivity contribution is 0.0696. The van der Waals surface area contributed by atoms with E-state index in [0.717, 1.165) is 16.5 Å². The molecule has 0 spiro atoms. The van der Waals surface area contributed by atoms with E-state index in [2.05, 4.69) is 28.9 Å². The standard InChI is InChI=1S/C20H19N3O2S2/c1-2-12-23-18(14-26-16-9-4-3-5-10-16)21-22-20(23)27-13-15-8-6-7-11-17(15)19(24)25/h2-11H,1,12-14H2,(H,24,25). The van der Waals surface area contributed by atoms with Gasteiger partial charge in [0, 0.05) is 17.2 Å². The number of aromatic nitrogens is 3. The maximum atomic E-state index is 11.4. The Morgan fingerprint density at radius 1 is 1.04 bits per heavy atom. The van der Waals surface area contributed by atoms with Crippen molar-refractivity contribution in [3.63, 3.8) is 0 Å². The van der Waals surface area contributed by atoms with E-state index in [1.807, 2.05) is 41.0 Å². The van der Waals surface area contributed by atoms with E-state index >= 15 is 0 Å². The molecule has 3 rings (SSSR count). The highest BCUT2D eigenvalue weighted by Gasteiger charge is 2.14. The third-order valence-electron chi connectivity index (χ3n) is 3.82. The molecule has 0 radical (unpaired) electrons. The highest BCUT2D eigenvalue weighted by atomic mass is 32.2. The highest BCUT2D eigenvalue weighted by molar-refractivity contribution is 7.98. The summed E-state index contributed by atoms with van der Waals surface area (Å²) in [5.41, 5.74) is 1.09. The number of aromatic carboxylic acids is 1. The molecule has 1 aromatic heterocycles. The number of rotatable bonds is 9. The fourth-order valence-electron chi connectivity index (χ4n) is 2.51. The number of hydrogen-bond donors (Lipinski definition) is 1. The summed E-state index contributed by atoms with van der Waals surface area (Å²) in [7, 11) is 0. The maximum absolute atomic E-state index is 11.4. The molecule has 5 nitrogen and oxygen atoms in total. The molecule has 3 aromatic rings. The molecule has 1 heterocycles. The molecule has 2 aromatic carbocycles. The number of carboxylic acids is 1. The van der Waals surface area contributed by atoms with Gasteiger partial charge < -0.3 is 9.67 Å². The topological polar surface area (TPSA) is 68.0 Å². The lowest BCUT2D eigenvalue weighted by Crippen LogP contribution is -2.04. The van der Waals surface area contributed by atoms with E-state index in [1.165, 1.54) is 16.7 Å². The molecule has 1 N–H and O–H groups in total. The molecule has 0 aliphatic carbocycles. The van der Waals surface area contributed by atoms with Crippen molar-refractivity contribution in [1.29, 1.82) is 0 Å². The quantitative estimate of drug-likeness (QED) is 0.415. The fraction of sp³-hybridized carbons (Fsp3) is 0.150. The summed E-state index contributed by atoms with van der Waals surface area (Å²) in [5, 5.41) is 18.7. The summed E-state index contributed by atoms with van der Waals surface area (Å²) in [4.78, 5) is 12.5. The third-order valence-corrected chi connectivity index (χ3v) is 5.84. The second-order valence-electron chi connectivity index (χ2n) is 5.65. The molecule has 0 unspecified atom stereocenters. The smallest absolute Gasteiger partial charge is 0.335 e. The van der Waals surface area contributed by atoms with Gasteiger partial charge in [0.25, 0.3) is 0 Å². The predicted molar refractivity (Wildman–Crippen MR) is 109 cm³/mol. The Morgan fingerprint density at radius 2 is 1.78 bits per heavy atom. The molecule has 0 saturated carbocycles. The van der Waals surface area contributed by atoms with E-state index in [-0.39, 0.29) is 0 Å². The first-order valence-electron chi connectivity index (χ1n) is 8.34. The Labute approximate surface area is 166 Å². The number of thioether (sulfide) groups is 2.